The van der Waals surface area contributed by atoms with Crippen molar-refractivity contribution in [2.24, 2.45) is 0 Å². The Morgan fingerprint density at radius 2 is 0.671 bits per heavy atom. The Kier molecular flexibility index (Phi) is 17.0. The van der Waals surface area contributed by atoms with E-state index < -0.39 is 78.4 Å². The minimum absolute atomic E-state index is 0.0416. The van der Waals surface area contributed by atoms with Gasteiger partial charge in [-0.1, -0.05) is 42.5 Å². The average Bonchev–Trinajstić information content (AvgIpc) is 1.30. The van der Waals surface area contributed by atoms with Crippen LogP contribution >= 0.6 is 0 Å². The summed E-state index contributed by atoms with van der Waals surface area (Å²) in [5.74, 6) is -1.66. The van der Waals surface area contributed by atoms with Gasteiger partial charge in [-0.2, -0.15) is 0 Å². The van der Waals surface area contributed by atoms with Crippen LogP contribution in [0.2, 0.25) is 0 Å². The summed E-state index contributed by atoms with van der Waals surface area (Å²) < 4.78 is 100. The zero-order valence-corrected chi connectivity index (χ0v) is 47.6. The minimum Gasteiger partial charge on any atom is -0.497 e. The molecule has 82 heavy (non-hydrogen) atoms. The first-order valence-electron chi connectivity index (χ1n) is 26.0. The molecule has 0 bridgehead atoms. The SMILES string of the molecule is COc1ccc([C@H]2Oc3c(cc([C@@H]4c5cc([C@@H]6c7ccc(OC)c(OC)c7O[C@H](c7ccc(OC)cc7)[C@@H]6OC(C)=O)c(OC)c(OC)c5O[C@H](c5ccc(OC)cc5)[C@H]4OC(C)=O)c(OC)c3OC)[C@@H](OC(C)=O)[C@H]2OC(C)=O)cc1. The van der Waals surface area contributed by atoms with Crippen molar-refractivity contribution in [3.8, 4) is 69.0 Å². The number of rotatable bonds is 18. The zero-order valence-electron chi connectivity index (χ0n) is 47.6. The fraction of sp³-hybridized carbons (Fsp3) is 0.355. The van der Waals surface area contributed by atoms with E-state index in [2.05, 4.69) is 0 Å². The molecule has 0 aliphatic carbocycles. The molecule has 0 radical (unpaired) electrons. The standard InChI is InChI=1S/C62H64O20/c1-30(63)76-56-44-29-42(52(72-10)61(75-13)55(44)82-50(62(56)79-33(4)66)36-18-24-39(69-7)25-19-36)47-43-28-41(51(71-9)60(74-12)54(43)81-49(59(47)78-32(3)65)35-16-22-38(68-6)23-17-35)46-40-26-27-45(70-8)57(73-11)53(40)80-48(58(46)77-31(2)64)34-14-20-37(67-5)21-15-34/h14-29,46-50,56,58-59,62H,1-13H3/t46-,47+,48+,49+,50+,56+,58+,59-,62-/m0/s1. The van der Waals surface area contributed by atoms with Crippen molar-refractivity contribution in [3.63, 3.8) is 0 Å². The molecule has 3 aliphatic heterocycles. The smallest absolute Gasteiger partial charge is 0.303 e. The van der Waals surface area contributed by atoms with Gasteiger partial charge in [-0.25, -0.2) is 0 Å². The maximum atomic E-state index is 13.8. The van der Waals surface area contributed by atoms with E-state index in [4.69, 9.17) is 75.8 Å². The summed E-state index contributed by atoms with van der Waals surface area (Å²) in [7, 11) is 13.4. The zero-order chi connectivity index (χ0) is 58.7. The largest absolute Gasteiger partial charge is 0.497 e. The van der Waals surface area contributed by atoms with Gasteiger partial charge in [-0.3, -0.25) is 19.2 Å². The van der Waals surface area contributed by atoms with Gasteiger partial charge in [0.15, 0.2) is 77.2 Å². The molecule has 0 aromatic heterocycles. The lowest BCUT2D eigenvalue weighted by molar-refractivity contribution is -0.178. The van der Waals surface area contributed by atoms with Gasteiger partial charge >= 0.3 is 23.9 Å². The summed E-state index contributed by atoms with van der Waals surface area (Å²) in [6.07, 6.45) is -8.29. The van der Waals surface area contributed by atoms with Crippen LogP contribution in [0, 0.1) is 0 Å². The van der Waals surface area contributed by atoms with E-state index >= 15 is 0 Å². The molecule has 9 rings (SSSR count). The molecular weight excluding hydrogens is 1060 g/mol. The van der Waals surface area contributed by atoms with Gasteiger partial charge in [-0.15, -0.1) is 0 Å². The van der Waals surface area contributed by atoms with Crippen molar-refractivity contribution in [2.45, 2.75) is 82.3 Å². The van der Waals surface area contributed by atoms with Crippen molar-refractivity contribution in [3.05, 3.63) is 142 Å². The van der Waals surface area contributed by atoms with E-state index in [1.54, 1.807) is 98.1 Å². The second-order valence-corrected chi connectivity index (χ2v) is 19.3. The van der Waals surface area contributed by atoms with Gasteiger partial charge in [0.25, 0.3) is 0 Å². The average molecular weight is 1130 g/mol. The molecule has 432 valence electrons. The highest BCUT2D eigenvalue weighted by molar-refractivity contribution is 5.74. The highest BCUT2D eigenvalue weighted by Gasteiger charge is 2.53. The van der Waals surface area contributed by atoms with Crippen molar-refractivity contribution in [1.82, 2.24) is 0 Å². The van der Waals surface area contributed by atoms with Crippen molar-refractivity contribution < 1.29 is 95.0 Å². The molecule has 9 atom stereocenters. The van der Waals surface area contributed by atoms with Crippen molar-refractivity contribution in [2.75, 3.05) is 64.0 Å². The maximum Gasteiger partial charge on any atom is 0.303 e. The monoisotopic (exact) mass is 1130 g/mol. The predicted octanol–water partition coefficient (Wildman–Crippen LogP) is 9.83. The molecule has 0 saturated heterocycles. The second-order valence-electron chi connectivity index (χ2n) is 19.3. The molecular formula is C62H64O20. The van der Waals surface area contributed by atoms with Crippen LogP contribution in [0.3, 0.4) is 0 Å². The minimum atomic E-state index is -1.36. The lowest BCUT2D eigenvalue weighted by Gasteiger charge is -2.43. The molecule has 0 spiro atoms. The molecule has 0 unspecified atom stereocenters. The van der Waals surface area contributed by atoms with Gasteiger partial charge < -0.3 is 75.8 Å². The first kappa shape index (κ1) is 57.5. The number of carbonyl (C=O) groups excluding carboxylic acids is 4. The number of carbonyl (C=O) groups is 4. The van der Waals surface area contributed by atoms with E-state index in [1.807, 2.05) is 6.07 Å². The van der Waals surface area contributed by atoms with E-state index in [0.717, 1.165) is 0 Å². The highest BCUT2D eigenvalue weighted by atomic mass is 16.6. The third kappa shape index (κ3) is 10.7. The fourth-order valence-corrected chi connectivity index (χ4v) is 11.3. The van der Waals surface area contributed by atoms with Crippen LogP contribution in [0.15, 0.2) is 97.1 Å². The Labute approximate surface area is 474 Å². The lowest BCUT2D eigenvalue weighted by atomic mass is 9.74. The van der Waals surface area contributed by atoms with E-state index in [0.29, 0.717) is 61.9 Å². The van der Waals surface area contributed by atoms with Gasteiger partial charge in [-0.05, 0) is 71.3 Å². The molecule has 6 aromatic rings. The van der Waals surface area contributed by atoms with E-state index in [-0.39, 0.29) is 51.6 Å². The fourth-order valence-electron chi connectivity index (χ4n) is 11.3. The first-order chi connectivity index (χ1) is 39.6. The molecule has 0 fully saturated rings. The van der Waals surface area contributed by atoms with Gasteiger partial charge in [0.05, 0.1) is 75.8 Å². The molecule has 3 heterocycles. The summed E-state index contributed by atoms with van der Waals surface area (Å²) in [6, 6.07) is 28.1. The van der Waals surface area contributed by atoms with Crippen LogP contribution in [-0.4, -0.2) is 106 Å². The quantitative estimate of drug-likeness (QED) is 0.0578. The maximum absolute atomic E-state index is 13.8. The van der Waals surface area contributed by atoms with Crippen LogP contribution in [0.4, 0.5) is 0 Å². The molecule has 0 saturated carbocycles. The van der Waals surface area contributed by atoms with Crippen LogP contribution in [0.25, 0.3) is 0 Å². The third-order valence-corrected chi connectivity index (χ3v) is 14.6. The Morgan fingerprint density at radius 3 is 1.04 bits per heavy atom. The topological polar surface area (TPSA) is 216 Å². The third-order valence-electron chi connectivity index (χ3n) is 14.6. The normalized spacial score (nSPS) is 21.1. The summed E-state index contributed by atoms with van der Waals surface area (Å²) in [5, 5.41) is 0. The molecule has 0 N–H and O–H groups in total. The number of hydrogen-bond donors (Lipinski definition) is 0. The van der Waals surface area contributed by atoms with E-state index in [9.17, 15) is 19.2 Å². The Hall–Kier alpha value is -9.20. The molecule has 20 nitrogen and oxygen atoms in total. The lowest BCUT2D eigenvalue weighted by Crippen LogP contribution is -2.41. The first-order valence-corrected chi connectivity index (χ1v) is 26.0. The van der Waals surface area contributed by atoms with Crippen LogP contribution in [0.5, 0.6) is 69.0 Å². The highest BCUT2D eigenvalue weighted by Crippen LogP contribution is 2.63. The number of benzene rings is 6. The van der Waals surface area contributed by atoms with Gasteiger partial charge in [0.1, 0.15) is 17.2 Å². The van der Waals surface area contributed by atoms with Crippen molar-refractivity contribution in [1.29, 1.82) is 0 Å². The van der Waals surface area contributed by atoms with E-state index in [1.165, 1.54) is 84.6 Å². The number of ether oxygens (including phenoxy) is 16. The van der Waals surface area contributed by atoms with Crippen LogP contribution < -0.4 is 56.8 Å². The predicted molar refractivity (Wildman–Crippen MR) is 293 cm³/mol. The number of esters is 4. The summed E-state index contributed by atoms with van der Waals surface area (Å²) in [4.78, 5) is 54.0. The van der Waals surface area contributed by atoms with Crippen LogP contribution in [-0.2, 0) is 38.1 Å². The number of methoxy groups -OCH3 is 9. The summed E-state index contributed by atoms with van der Waals surface area (Å²) in [5.41, 5.74) is 3.41. The number of fused-ring (bicyclic) bond motifs is 3. The summed E-state index contributed by atoms with van der Waals surface area (Å²) >= 11 is 0. The van der Waals surface area contributed by atoms with Gasteiger partial charge in [0.2, 0.25) is 17.2 Å². The Balaban J connectivity index is 1.40. The second kappa shape index (κ2) is 24.3. The van der Waals surface area contributed by atoms with Crippen molar-refractivity contribution >= 4 is 23.9 Å². The molecule has 20 heteroatoms. The van der Waals surface area contributed by atoms with Gasteiger partial charge in [0, 0.05) is 55.5 Å². The molecule has 0 amide bonds. The molecule has 6 aromatic carbocycles. The van der Waals surface area contributed by atoms with Crippen LogP contribution in [0.1, 0.15) is 108 Å². The Bertz CT molecular complexity index is 3340. The summed E-state index contributed by atoms with van der Waals surface area (Å²) in [6.45, 7) is 5.05. The number of hydrogen-bond acceptors (Lipinski definition) is 20. The molecule has 3 aliphatic rings. The Morgan fingerprint density at radius 1 is 0.329 bits per heavy atom.